The minimum Gasteiger partial charge on any atom is -0.457 e. The van der Waals surface area contributed by atoms with E-state index in [0.717, 1.165) is 17.1 Å². The lowest BCUT2D eigenvalue weighted by molar-refractivity contribution is 0.482. The summed E-state index contributed by atoms with van der Waals surface area (Å²) in [5, 5.41) is 8.62. The Balaban J connectivity index is 2.06. The van der Waals surface area contributed by atoms with Crippen LogP contribution in [0.15, 0.2) is 48.5 Å². The minimum absolute atomic E-state index is 0.238. The molecule has 0 amide bonds. The summed E-state index contributed by atoms with van der Waals surface area (Å²) in [5.41, 5.74) is 8.00. The fourth-order valence-corrected chi connectivity index (χ4v) is 1.74. The molecule has 2 aromatic carbocycles. The number of hydrogen-bond acceptors (Lipinski definition) is 3. The molecule has 3 nitrogen and oxygen atoms in total. The van der Waals surface area contributed by atoms with Crippen molar-refractivity contribution in [3.63, 3.8) is 0 Å². The molecule has 0 saturated carbocycles. The third-order valence-corrected chi connectivity index (χ3v) is 2.88. The van der Waals surface area contributed by atoms with Crippen molar-refractivity contribution < 1.29 is 4.74 Å². The first-order chi connectivity index (χ1) is 9.19. The number of rotatable bonds is 4. The molecule has 0 unspecified atom stereocenters. The molecule has 0 saturated heterocycles. The summed E-state index contributed by atoms with van der Waals surface area (Å²) in [6.45, 7) is 2.04. The number of nitrogens with zero attached hydrogens (tertiary/aromatic N) is 1. The Morgan fingerprint density at radius 3 is 2.11 bits per heavy atom. The monoisotopic (exact) mass is 252 g/mol. The van der Waals surface area contributed by atoms with Crippen molar-refractivity contribution >= 4 is 0 Å². The number of nitrogens with two attached hydrogens (primary N) is 1. The van der Waals surface area contributed by atoms with Crippen molar-refractivity contribution in [1.82, 2.24) is 0 Å². The smallest absolute Gasteiger partial charge is 0.127 e. The summed E-state index contributed by atoms with van der Waals surface area (Å²) >= 11 is 0. The summed E-state index contributed by atoms with van der Waals surface area (Å²) in [7, 11) is 0. The van der Waals surface area contributed by atoms with Gasteiger partial charge < -0.3 is 10.5 Å². The van der Waals surface area contributed by atoms with Gasteiger partial charge in [-0.2, -0.15) is 5.26 Å². The zero-order valence-electron chi connectivity index (χ0n) is 10.8. The number of ether oxygens (including phenoxy) is 1. The Hall–Kier alpha value is -2.31. The molecule has 2 N–H and O–H groups in total. The first kappa shape index (κ1) is 13.1. The molecular weight excluding hydrogens is 236 g/mol. The van der Waals surface area contributed by atoms with E-state index in [1.807, 2.05) is 55.5 Å². The topological polar surface area (TPSA) is 59.0 Å². The fraction of sp³-hybridized carbons (Fsp3) is 0.188. The maximum Gasteiger partial charge on any atom is 0.127 e. The van der Waals surface area contributed by atoms with Crippen LogP contribution < -0.4 is 10.5 Å². The summed E-state index contributed by atoms with van der Waals surface area (Å²) in [6.07, 6.45) is 0.318. The normalized spacial score (nSPS) is 11.6. The van der Waals surface area contributed by atoms with Crippen molar-refractivity contribution in [3.05, 3.63) is 59.7 Å². The van der Waals surface area contributed by atoms with E-state index in [1.165, 1.54) is 5.56 Å². The lowest BCUT2D eigenvalue weighted by atomic mass is 10.1. The molecule has 0 aromatic heterocycles. The molecule has 0 aliphatic heterocycles. The summed E-state index contributed by atoms with van der Waals surface area (Å²) in [6, 6.07) is 17.2. The molecule has 0 aliphatic carbocycles. The number of benzene rings is 2. The predicted molar refractivity (Wildman–Crippen MR) is 74.9 cm³/mol. The molecule has 0 bridgehead atoms. The molecule has 0 spiro atoms. The van der Waals surface area contributed by atoms with Crippen molar-refractivity contribution in [2.75, 3.05) is 0 Å². The van der Waals surface area contributed by atoms with Gasteiger partial charge in [0.1, 0.15) is 11.5 Å². The van der Waals surface area contributed by atoms with Gasteiger partial charge in [0.25, 0.3) is 0 Å². The highest BCUT2D eigenvalue weighted by atomic mass is 16.5. The molecule has 3 heteroatoms. The quantitative estimate of drug-likeness (QED) is 0.902. The molecule has 19 heavy (non-hydrogen) atoms. The third kappa shape index (κ3) is 3.57. The van der Waals surface area contributed by atoms with Gasteiger partial charge in [0.15, 0.2) is 0 Å². The molecule has 1 atom stereocenters. The average Bonchev–Trinajstić information content (AvgIpc) is 2.42. The summed E-state index contributed by atoms with van der Waals surface area (Å²) in [4.78, 5) is 0. The van der Waals surface area contributed by atoms with E-state index < -0.39 is 0 Å². The van der Waals surface area contributed by atoms with E-state index in [0.29, 0.717) is 6.42 Å². The highest BCUT2D eigenvalue weighted by Crippen LogP contribution is 2.23. The van der Waals surface area contributed by atoms with Gasteiger partial charge in [-0.25, -0.2) is 0 Å². The van der Waals surface area contributed by atoms with E-state index in [1.54, 1.807) is 0 Å². The standard InChI is InChI=1S/C16H16N2O/c1-12-2-6-14(7-3-12)19-15-8-4-13(5-9-15)16(18)10-11-17/h2-9,16H,10,18H2,1H3/t16-/m0/s1. The molecule has 2 aromatic rings. The van der Waals surface area contributed by atoms with Crippen LogP contribution in [0.1, 0.15) is 23.6 Å². The van der Waals surface area contributed by atoms with Crippen LogP contribution in [0, 0.1) is 18.3 Å². The van der Waals surface area contributed by atoms with Gasteiger partial charge >= 0.3 is 0 Å². The van der Waals surface area contributed by atoms with Crippen LogP contribution in [0.4, 0.5) is 0 Å². The molecule has 2 rings (SSSR count). The molecule has 0 aliphatic rings. The van der Waals surface area contributed by atoms with Gasteiger partial charge in [0.05, 0.1) is 12.5 Å². The van der Waals surface area contributed by atoms with Gasteiger partial charge in [-0.15, -0.1) is 0 Å². The van der Waals surface area contributed by atoms with Crippen LogP contribution >= 0.6 is 0 Å². The first-order valence-electron chi connectivity index (χ1n) is 6.16. The zero-order chi connectivity index (χ0) is 13.7. The van der Waals surface area contributed by atoms with Crippen molar-refractivity contribution in [2.24, 2.45) is 5.73 Å². The van der Waals surface area contributed by atoms with Crippen LogP contribution in [-0.2, 0) is 0 Å². The Bertz CT molecular complexity index is 567. The van der Waals surface area contributed by atoms with Gasteiger partial charge in [0, 0.05) is 6.04 Å². The molecule has 0 heterocycles. The largest absolute Gasteiger partial charge is 0.457 e. The number of nitriles is 1. The maximum atomic E-state index is 8.62. The van der Waals surface area contributed by atoms with E-state index >= 15 is 0 Å². The summed E-state index contributed by atoms with van der Waals surface area (Å²) in [5.74, 6) is 1.57. The van der Waals surface area contributed by atoms with Crippen molar-refractivity contribution in [1.29, 1.82) is 5.26 Å². The van der Waals surface area contributed by atoms with Crippen molar-refractivity contribution in [2.45, 2.75) is 19.4 Å². The SMILES string of the molecule is Cc1ccc(Oc2ccc([C@@H](N)CC#N)cc2)cc1. The lowest BCUT2D eigenvalue weighted by Crippen LogP contribution is -2.08. The van der Waals surface area contributed by atoms with Crippen molar-refractivity contribution in [3.8, 4) is 17.6 Å². The van der Waals surface area contributed by atoms with Crippen LogP contribution in [0.25, 0.3) is 0 Å². The van der Waals surface area contributed by atoms with Crippen LogP contribution in [0.2, 0.25) is 0 Å². The highest BCUT2D eigenvalue weighted by molar-refractivity contribution is 5.35. The Labute approximate surface area is 113 Å². The predicted octanol–water partition coefficient (Wildman–Crippen LogP) is 3.70. The van der Waals surface area contributed by atoms with Crippen LogP contribution in [0.3, 0.4) is 0 Å². The minimum atomic E-state index is -0.238. The van der Waals surface area contributed by atoms with Crippen LogP contribution in [0.5, 0.6) is 11.5 Å². The van der Waals surface area contributed by atoms with Crippen LogP contribution in [-0.4, -0.2) is 0 Å². The van der Waals surface area contributed by atoms with E-state index in [9.17, 15) is 0 Å². The number of hydrogen-bond donors (Lipinski definition) is 1. The van der Waals surface area contributed by atoms with Gasteiger partial charge in [0.2, 0.25) is 0 Å². The second kappa shape index (κ2) is 6.03. The number of aryl methyl sites for hydroxylation is 1. The second-order valence-corrected chi connectivity index (χ2v) is 4.45. The van der Waals surface area contributed by atoms with Gasteiger partial charge in [-0.1, -0.05) is 29.8 Å². The zero-order valence-corrected chi connectivity index (χ0v) is 10.8. The van der Waals surface area contributed by atoms with Gasteiger partial charge in [-0.05, 0) is 36.8 Å². The first-order valence-corrected chi connectivity index (χ1v) is 6.16. The third-order valence-electron chi connectivity index (χ3n) is 2.88. The second-order valence-electron chi connectivity index (χ2n) is 4.45. The van der Waals surface area contributed by atoms with E-state index in [4.69, 9.17) is 15.7 Å². The maximum absolute atomic E-state index is 8.62. The fourth-order valence-electron chi connectivity index (χ4n) is 1.74. The Morgan fingerprint density at radius 2 is 1.58 bits per heavy atom. The molecule has 96 valence electrons. The van der Waals surface area contributed by atoms with E-state index in [-0.39, 0.29) is 6.04 Å². The summed E-state index contributed by atoms with van der Waals surface area (Å²) < 4.78 is 5.72. The van der Waals surface area contributed by atoms with Gasteiger partial charge in [-0.3, -0.25) is 0 Å². The highest BCUT2D eigenvalue weighted by Gasteiger charge is 2.05. The molecular formula is C16H16N2O. The Kier molecular flexibility index (Phi) is 4.17. The van der Waals surface area contributed by atoms with E-state index in [2.05, 4.69) is 6.07 Å². The molecule has 0 radical (unpaired) electrons. The molecule has 0 fully saturated rings. The Morgan fingerprint density at radius 1 is 1.05 bits per heavy atom. The average molecular weight is 252 g/mol. The lowest BCUT2D eigenvalue weighted by Gasteiger charge is -2.10.